The Kier molecular flexibility index (Phi) is 9.26. The van der Waals surface area contributed by atoms with Crippen LogP contribution in [0.15, 0.2) is 29.4 Å². The number of esters is 1. The third kappa shape index (κ3) is 7.15. The standard InChI is InChI=1S/C20H27N5O7/c1-3-30-16(26)9-11-22-19(28)23-15-10-12-25(18(15)27)14-7-5-13(6-8-14)17(21)24-32-20(29)31-4-2/h5-8,15H,3-4,9-12H2,1-2H3,(H2,21,24)(H2,22,23,28). The Labute approximate surface area is 185 Å². The first kappa shape index (κ1) is 24.4. The van der Waals surface area contributed by atoms with Gasteiger partial charge in [0, 0.05) is 24.3 Å². The van der Waals surface area contributed by atoms with Crippen molar-refractivity contribution in [3.05, 3.63) is 29.8 Å². The normalized spacial score (nSPS) is 15.8. The van der Waals surface area contributed by atoms with Gasteiger partial charge in [-0.05, 0) is 44.5 Å². The van der Waals surface area contributed by atoms with Gasteiger partial charge < -0.3 is 30.7 Å². The van der Waals surface area contributed by atoms with Crippen molar-refractivity contribution in [3.8, 4) is 0 Å². The minimum absolute atomic E-state index is 0.0311. The molecule has 0 bridgehead atoms. The lowest BCUT2D eigenvalue weighted by Gasteiger charge is -2.18. The number of hydrogen-bond donors (Lipinski definition) is 3. The number of benzene rings is 1. The monoisotopic (exact) mass is 449 g/mol. The SMILES string of the molecule is CCOC(=O)CCNC(=O)NC1CCN(c2ccc(/C(N)=N/OC(=O)OCC)cc2)C1=O. The highest BCUT2D eigenvalue weighted by Gasteiger charge is 2.33. The number of oxime groups is 1. The van der Waals surface area contributed by atoms with Crippen molar-refractivity contribution in [2.45, 2.75) is 32.7 Å². The summed E-state index contributed by atoms with van der Waals surface area (Å²) < 4.78 is 9.36. The Bertz CT molecular complexity index is 856. The Morgan fingerprint density at radius 2 is 1.84 bits per heavy atom. The van der Waals surface area contributed by atoms with E-state index in [1.165, 1.54) is 4.90 Å². The zero-order chi connectivity index (χ0) is 23.5. The Morgan fingerprint density at radius 3 is 2.50 bits per heavy atom. The van der Waals surface area contributed by atoms with Crippen molar-refractivity contribution >= 4 is 35.6 Å². The number of nitrogens with two attached hydrogens (primary N) is 1. The molecule has 0 radical (unpaired) electrons. The van der Waals surface area contributed by atoms with Gasteiger partial charge >= 0.3 is 18.2 Å². The summed E-state index contributed by atoms with van der Waals surface area (Å²) in [5, 5.41) is 8.64. The summed E-state index contributed by atoms with van der Waals surface area (Å²) >= 11 is 0. The molecule has 174 valence electrons. The quantitative estimate of drug-likeness (QED) is 0.164. The second-order valence-corrected chi connectivity index (χ2v) is 6.58. The van der Waals surface area contributed by atoms with E-state index < -0.39 is 24.2 Å². The molecule has 1 aromatic carbocycles. The van der Waals surface area contributed by atoms with Crippen LogP contribution < -0.4 is 21.3 Å². The molecule has 12 heteroatoms. The molecular weight excluding hydrogens is 422 g/mol. The minimum Gasteiger partial charge on any atom is -0.466 e. The van der Waals surface area contributed by atoms with Crippen molar-refractivity contribution in [2.75, 3.05) is 31.2 Å². The predicted octanol–water partition coefficient (Wildman–Crippen LogP) is 0.838. The summed E-state index contributed by atoms with van der Waals surface area (Å²) in [6, 6.07) is 5.37. The molecule has 0 saturated carbocycles. The summed E-state index contributed by atoms with van der Waals surface area (Å²) in [4.78, 5) is 53.1. The van der Waals surface area contributed by atoms with Gasteiger partial charge in [-0.3, -0.25) is 14.4 Å². The van der Waals surface area contributed by atoms with Crippen LogP contribution in [0.2, 0.25) is 0 Å². The largest absolute Gasteiger partial charge is 0.535 e. The summed E-state index contributed by atoms with van der Waals surface area (Å²) in [5.74, 6) is -0.695. The van der Waals surface area contributed by atoms with E-state index in [2.05, 4.69) is 25.4 Å². The lowest BCUT2D eigenvalue weighted by atomic mass is 10.2. The maximum absolute atomic E-state index is 12.7. The van der Waals surface area contributed by atoms with E-state index in [9.17, 15) is 19.2 Å². The minimum atomic E-state index is -0.960. The number of amidine groups is 1. The van der Waals surface area contributed by atoms with Gasteiger partial charge in [0.15, 0.2) is 5.84 Å². The molecule has 0 aliphatic carbocycles. The van der Waals surface area contributed by atoms with Crippen molar-refractivity contribution in [1.29, 1.82) is 0 Å². The van der Waals surface area contributed by atoms with Crippen LogP contribution in [-0.4, -0.2) is 62.2 Å². The number of rotatable bonds is 9. The van der Waals surface area contributed by atoms with Crippen molar-refractivity contribution in [1.82, 2.24) is 10.6 Å². The molecule has 1 heterocycles. The van der Waals surface area contributed by atoms with Gasteiger partial charge in [-0.2, -0.15) is 0 Å². The third-order valence-electron chi connectivity index (χ3n) is 4.39. The van der Waals surface area contributed by atoms with Crippen LogP contribution in [0, 0.1) is 0 Å². The lowest BCUT2D eigenvalue weighted by Crippen LogP contribution is -2.46. The second kappa shape index (κ2) is 12.1. The van der Waals surface area contributed by atoms with Gasteiger partial charge in [0.25, 0.3) is 0 Å². The molecule has 1 aromatic rings. The average Bonchev–Trinajstić information content (AvgIpc) is 3.12. The number of nitrogens with one attached hydrogen (secondary N) is 2. The molecular formula is C20H27N5O7. The van der Waals surface area contributed by atoms with Crippen molar-refractivity contribution in [2.24, 2.45) is 10.9 Å². The van der Waals surface area contributed by atoms with E-state index in [1.807, 2.05) is 0 Å². The molecule has 12 nitrogen and oxygen atoms in total. The van der Waals surface area contributed by atoms with Crippen molar-refractivity contribution < 1.29 is 33.5 Å². The van der Waals surface area contributed by atoms with E-state index in [0.717, 1.165) is 0 Å². The van der Waals surface area contributed by atoms with Gasteiger partial charge in [-0.25, -0.2) is 9.59 Å². The molecule has 1 fully saturated rings. The molecule has 1 aliphatic rings. The maximum atomic E-state index is 12.7. The Hall–Kier alpha value is -3.83. The highest BCUT2D eigenvalue weighted by molar-refractivity contribution is 6.02. The van der Waals surface area contributed by atoms with Crippen LogP contribution in [0.1, 0.15) is 32.3 Å². The topological polar surface area (TPSA) is 162 Å². The van der Waals surface area contributed by atoms with E-state index >= 15 is 0 Å². The van der Waals surface area contributed by atoms with Gasteiger partial charge in [0.2, 0.25) is 5.91 Å². The van der Waals surface area contributed by atoms with Crippen LogP contribution in [0.25, 0.3) is 0 Å². The number of carbonyl (C=O) groups excluding carboxylic acids is 4. The van der Waals surface area contributed by atoms with E-state index in [0.29, 0.717) is 24.2 Å². The molecule has 1 atom stereocenters. The molecule has 0 aromatic heterocycles. The van der Waals surface area contributed by atoms with Crippen LogP contribution in [-0.2, 0) is 23.9 Å². The summed E-state index contributed by atoms with van der Waals surface area (Å²) in [5.41, 5.74) is 6.88. The number of carbonyl (C=O) groups is 4. The summed E-state index contributed by atoms with van der Waals surface area (Å²) in [6.45, 7) is 4.29. The Morgan fingerprint density at radius 1 is 1.16 bits per heavy atom. The molecule has 32 heavy (non-hydrogen) atoms. The molecule has 0 spiro atoms. The fraction of sp³-hybridized carbons (Fsp3) is 0.450. The van der Waals surface area contributed by atoms with Gasteiger partial charge in [-0.1, -0.05) is 5.16 Å². The number of anilines is 1. The highest BCUT2D eigenvalue weighted by Crippen LogP contribution is 2.22. The molecule has 1 unspecified atom stereocenters. The van der Waals surface area contributed by atoms with Crippen LogP contribution >= 0.6 is 0 Å². The zero-order valence-corrected chi connectivity index (χ0v) is 18.0. The average molecular weight is 449 g/mol. The lowest BCUT2D eigenvalue weighted by molar-refractivity contribution is -0.142. The summed E-state index contributed by atoms with van der Waals surface area (Å²) in [6.07, 6.45) is -0.475. The van der Waals surface area contributed by atoms with Crippen molar-refractivity contribution in [3.63, 3.8) is 0 Å². The smallest absolute Gasteiger partial charge is 0.466 e. The van der Waals surface area contributed by atoms with Crippen LogP contribution in [0.5, 0.6) is 0 Å². The first-order chi connectivity index (χ1) is 15.3. The molecule has 3 amide bonds. The van der Waals surface area contributed by atoms with Crippen LogP contribution in [0.3, 0.4) is 0 Å². The highest BCUT2D eigenvalue weighted by atomic mass is 16.8. The number of hydrogen-bond acceptors (Lipinski definition) is 8. The third-order valence-corrected chi connectivity index (χ3v) is 4.39. The van der Waals surface area contributed by atoms with E-state index in [-0.39, 0.29) is 37.9 Å². The van der Waals surface area contributed by atoms with E-state index in [4.69, 9.17) is 10.5 Å². The number of nitrogens with zero attached hydrogens (tertiary/aromatic N) is 2. The first-order valence-corrected chi connectivity index (χ1v) is 10.1. The predicted molar refractivity (Wildman–Crippen MR) is 114 cm³/mol. The molecule has 1 saturated heterocycles. The van der Waals surface area contributed by atoms with Gasteiger partial charge in [0.1, 0.15) is 6.04 Å². The number of amides is 3. The molecule has 1 aliphatic heterocycles. The molecule has 2 rings (SSSR count). The zero-order valence-electron chi connectivity index (χ0n) is 18.0. The second-order valence-electron chi connectivity index (χ2n) is 6.58. The van der Waals surface area contributed by atoms with Gasteiger partial charge in [0.05, 0.1) is 19.6 Å². The van der Waals surface area contributed by atoms with Crippen LogP contribution in [0.4, 0.5) is 15.3 Å². The summed E-state index contributed by atoms with van der Waals surface area (Å²) in [7, 11) is 0. The number of urea groups is 1. The number of ether oxygens (including phenoxy) is 2. The fourth-order valence-corrected chi connectivity index (χ4v) is 2.89. The fourth-order valence-electron chi connectivity index (χ4n) is 2.89. The maximum Gasteiger partial charge on any atom is 0.535 e. The molecule has 4 N–H and O–H groups in total. The van der Waals surface area contributed by atoms with Gasteiger partial charge in [-0.15, -0.1) is 0 Å². The Balaban J connectivity index is 1.86. The van der Waals surface area contributed by atoms with E-state index in [1.54, 1.807) is 38.1 Å². The first-order valence-electron chi connectivity index (χ1n) is 10.1.